The molecule has 0 spiro atoms. The second-order valence-corrected chi connectivity index (χ2v) is 11.6. The zero-order valence-corrected chi connectivity index (χ0v) is 25.0. The lowest BCUT2D eigenvalue weighted by Crippen LogP contribution is -2.11. The van der Waals surface area contributed by atoms with Crippen LogP contribution >= 0.6 is 0 Å². The Labute approximate surface area is 266 Å². The maximum atomic E-state index is 6.72. The van der Waals surface area contributed by atoms with Crippen molar-refractivity contribution < 1.29 is 4.42 Å². The maximum Gasteiger partial charge on any atom is 0.161 e. The number of fused-ring (bicyclic) bond motifs is 5. The highest BCUT2D eigenvalue weighted by Gasteiger charge is 2.24. The predicted octanol–water partition coefficient (Wildman–Crippen LogP) is 12.1. The Kier molecular flexibility index (Phi) is 6.14. The SMILES string of the molecule is c1ccc(-c2cccc(N(c3cccc(-c4cccc5ccccc45)c3)c3c4ncccc4cc4c3oc3ccccc34)c2)cc1. The molecule has 0 amide bonds. The quantitative estimate of drug-likeness (QED) is 0.200. The number of para-hydroxylation sites is 1. The Morgan fingerprint density at radius 2 is 1.11 bits per heavy atom. The van der Waals surface area contributed by atoms with Gasteiger partial charge in [0.25, 0.3) is 0 Å². The van der Waals surface area contributed by atoms with E-state index < -0.39 is 0 Å². The molecule has 0 bridgehead atoms. The monoisotopic (exact) mass is 588 g/mol. The molecule has 0 unspecified atom stereocenters. The van der Waals surface area contributed by atoms with Gasteiger partial charge in [0.05, 0.1) is 5.52 Å². The summed E-state index contributed by atoms with van der Waals surface area (Å²) in [6.45, 7) is 0. The van der Waals surface area contributed by atoms with Gasteiger partial charge in [-0.05, 0) is 75.5 Å². The molecule has 3 nitrogen and oxygen atoms in total. The number of anilines is 3. The van der Waals surface area contributed by atoms with Crippen molar-refractivity contribution in [2.45, 2.75) is 0 Å². The summed E-state index contributed by atoms with van der Waals surface area (Å²) in [7, 11) is 0. The molecule has 2 heterocycles. The second kappa shape index (κ2) is 10.8. The van der Waals surface area contributed by atoms with E-state index in [2.05, 4.69) is 150 Å². The van der Waals surface area contributed by atoms with Crippen molar-refractivity contribution in [3.63, 3.8) is 0 Å². The fraction of sp³-hybridized carbons (Fsp3) is 0. The molecule has 0 saturated heterocycles. The highest BCUT2D eigenvalue weighted by Crippen LogP contribution is 2.47. The molecule has 0 radical (unpaired) electrons. The zero-order valence-electron chi connectivity index (χ0n) is 25.0. The normalized spacial score (nSPS) is 11.5. The number of aromatic nitrogens is 1. The molecule has 2 aromatic heterocycles. The number of furan rings is 1. The Balaban J connectivity index is 1.36. The highest BCUT2D eigenvalue weighted by atomic mass is 16.3. The van der Waals surface area contributed by atoms with Crippen LogP contribution in [0.15, 0.2) is 174 Å². The molecule has 0 N–H and O–H groups in total. The summed E-state index contributed by atoms with van der Waals surface area (Å²) in [6.07, 6.45) is 1.87. The third-order valence-electron chi connectivity index (χ3n) is 8.85. The van der Waals surface area contributed by atoms with Crippen LogP contribution < -0.4 is 4.90 Å². The molecule has 0 saturated carbocycles. The van der Waals surface area contributed by atoms with Crippen LogP contribution in [-0.4, -0.2) is 4.98 Å². The van der Waals surface area contributed by atoms with E-state index in [1.807, 2.05) is 24.4 Å². The van der Waals surface area contributed by atoms with E-state index in [0.29, 0.717) is 0 Å². The van der Waals surface area contributed by atoms with Crippen molar-refractivity contribution in [3.8, 4) is 22.3 Å². The van der Waals surface area contributed by atoms with Crippen LogP contribution in [0.3, 0.4) is 0 Å². The van der Waals surface area contributed by atoms with Crippen LogP contribution in [0.25, 0.3) is 65.9 Å². The number of nitrogens with zero attached hydrogens (tertiary/aromatic N) is 2. The fourth-order valence-electron chi connectivity index (χ4n) is 6.74. The van der Waals surface area contributed by atoms with Gasteiger partial charge in [0, 0.05) is 33.7 Å². The van der Waals surface area contributed by atoms with Crippen molar-refractivity contribution in [2.75, 3.05) is 4.90 Å². The Morgan fingerprint density at radius 1 is 0.457 bits per heavy atom. The van der Waals surface area contributed by atoms with Gasteiger partial charge in [0.15, 0.2) is 5.58 Å². The molecule has 0 fully saturated rings. The van der Waals surface area contributed by atoms with E-state index in [4.69, 9.17) is 9.40 Å². The molecule has 216 valence electrons. The van der Waals surface area contributed by atoms with Crippen LogP contribution in [0.1, 0.15) is 0 Å². The minimum atomic E-state index is 0.813. The van der Waals surface area contributed by atoms with Gasteiger partial charge in [-0.3, -0.25) is 4.98 Å². The van der Waals surface area contributed by atoms with Crippen LogP contribution in [0.4, 0.5) is 17.1 Å². The number of hydrogen-bond donors (Lipinski definition) is 0. The van der Waals surface area contributed by atoms with Crippen LogP contribution in [-0.2, 0) is 0 Å². The van der Waals surface area contributed by atoms with E-state index in [-0.39, 0.29) is 0 Å². The first kappa shape index (κ1) is 26.2. The molecule has 3 heteroatoms. The number of benzene rings is 7. The van der Waals surface area contributed by atoms with Crippen molar-refractivity contribution in [2.24, 2.45) is 0 Å². The lowest BCUT2D eigenvalue weighted by molar-refractivity contribution is 0.669. The summed E-state index contributed by atoms with van der Waals surface area (Å²) in [5.74, 6) is 0. The number of hydrogen-bond acceptors (Lipinski definition) is 3. The summed E-state index contributed by atoms with van der Waals surface area (Å²) in [4.78, 5) is 7.29. The summed E-state index contributed by atoms with van der Waals surface area (Å²) in [5.41, 5.74) is 10.2. The minimum absolute atomic E-state index is 0.813. The number of rotatable bonds is 5. The fourth-order valence-corrected chi connectivity index (χ4v) is 6.74. The lowest BCUT2D eigenvalue weighted by Gasteiger charge is -2.27. The van der Waals surface area contributed by atoms with Crippen LogP contribution in [0.2, 0.25) is 0 Å². The minimum Gasteiger partial charge on any atom is -0.454 e. The van der Waals surface area contributed by atoms with E-state index >= 15 is 0 Å². The van der Waals surface area contributed by atoms with E-state index in [0.717, 1.165) is 61.0 Å². The first-order valence-corrected chi connectivity index (χ1v) is 15.5. The summed E-state index contributed by atoms with van der Waals surface area (Å²) >= 11 is 0. The van der Waals surface area contributed by atoms with Crippen LogP contribution in [0.5, 0.6) is 0 Å². The van der Waals surface area contributed by atoms with Crippen molar-refractivity contribution in [1.82, 2.24) is 4.98 Å². The second-order valence-electron chi connectivity index (χ2n) is 11.6. The largest absolute Gasteiger partial charge is 0.454 e. The van der Waals surface area contributed by atoms with Gasteiger partial charge in [-0.1, -0.05) is 121 Å². The van der Waals surface area contributed by atoms with Gasteiger partial charge in [0.1, 0.15) is 11.3 Å². The Hall–Kier alpha value is -6.19. The topological polar surface area (TPSA) is 29.3 Å². The summed E-state index contributed by atoms with van der Waals surface area (Å²) in [6, 6.07) is 57.8. The molecular formula is C43H28N2O. The summed E-state index contributed by atoms with van der Waals surface area (Å²) < 4.78 is 6.72. The average Bonchev–Trinajstić information content (AvgIpc) is 3.50. The Morgan fingerprint density at radius 3 is 1.98 bits per heavy atom. The van der Waals surface area contributed by atoms with Crippen molar-refractivity contribution >= 4 is 60.7 Å². The maximum absolute atomic E-state index is 6.72. The first-order chi connectivity index (χ1) is 22.8. The third kappa shape index (κ3) is 4.33. The molecule has 9 aromatic rings. The van der Waals surface area contributed by atoms with Gasteiger partial charge < -0.3 is 9.32 Å². The molecule has 0 aliphatic carbocycles. The molecule has 7 aromatic carbocycles. The van der Waals surface area contributed by atoms with Gasteiger partial charge in [-0.2, -0.15) is 0 Å². The lowest BCUT2D eigenvalue weighted by atomic mass is 9.97. The van der Waals surface area contributed by atoms with Crippen molar-refractivity contribution in [3.05, 3.63) is 170 Å². The standard InChI is InChI=1S/C43H28N2O/c1-2-12-29(13-3-1)31-16-8-19-34(26-31)45(35-20-9-17-32(27-35)37-23-10-15-30-14-4-5-21-36(30)37)42-41-33(18-11-25-44-41)28-39-38-22-6-7-24-40(38)46-43(39)42/h1-28H. The molecule has 0 atom stereocenters. The molecule has 0 aliphatic rings. The molecule has 0 aliphatic heterocycles. The van der Waals surface area contributed by atoms with Gasteiger partial charge in [-0.15, -0.1) is 0 Å². The molecular weight excluding hydrogens is 560 g/mol. The van der Waals surface area contributed by atoms with E-state index in [1.54, 1.807) is 0 Å². The van der Waals surface area contributed by atoms with Gasteiger partial charge in [0.2, 0.25) is 0 Å². The van der Waals surface area contributed by atoms with E-state index in [1.165, 1.54) is 21.9 Å². The van der Waals surface area contributed by atoms with Crippen LogP contribution in [0, 0.1) is 0 Å². The third-order valence-corrected chi connectivity index (χ3v) is 8.85. The zero-order chi connectivity index (χ0) is 30.5. The Bertz CT molecular complexity index is 2540. The molecule has 9 rings (SSSR count). The smallest absolute Gasteiger partial charge is 0.161 e. The van der Waals surface area contributed by atoms with E-state index in [9.17, 15) is 0 Å². The predicted molar refractivity (Wildman–Crippen MR) is 192 cm³/mol. The molecule has 46 heavy (non-hydrogen) atoms. The summed E-state index contributed by atoms with van der Waals surface area (Å²) in [5, 5.41) is 5.67. The first-order valence-electron chi connectivity index (χ1n) is 15.5. The highest BCUT2D eigenvalue weighted by molar-refractivity contribution is 6.18. The number of pyridine rings is 1. The van der Waals surface area contributed by atoms with Crippen molar-refractivity contribution in [1.29, 1.82) is 0 Å². The van der Waals surface area contributed by atoms with Gasteiger partial charge in [-0.25, -0.2) is 0 Å². The average molecular weight is 589 g/mol. The van der Waals surface area contributed by atoms with Gasteiger partial charge >= 0.3 is 0 Å².